The van der Waals surface area contributed by atoms with Crippen molar-refractivity contribution in [1.29, 1.82) is 0 Å². The zero-order valence-electron chi connectivity index (χ0n) is 9.42. The lowest BCUT2D eigenvalue weighted by Gasteiger charge is -2.23. The highest BCUT2D eigenvalue weighted by molar-refractivity contribution is 9.10. The summed E-state index contributed by atoms with van der Waals surface area (Å²) in [5.74, 6) is 0.642. The molecule has 1 aromatic carbocycles. The third-order valence-corrected chi connectivity index (χ3v) is 3.53. The van der Waals surface area contributed by atoms with E-state index < -0.39 is 0 Å². The van der Waals surface area contributed by atoms with Crippen LogP contribution in [0.15, 0.2) is 16.6 Å². The Hall–Kier alpha value is -0.450. The highest BCUT2D eigenvalue weighted by Gasteiger charge is 2.16. The minimum atomic E-state index is 0.172. The molecule has 0 amide bonds. The second kappa shape index (κ2) is 5.94. The van der Waals surface area contributed by atoms with Crippen molar-refractivity contribution in [3.8, 4) is 5.75 Å². The molecule has 1 aromatic rings. The Morgan fingerprint density at radius 2 is 2.29 bits per heavy atom. The highest BCUT2D eigenvalue weighted by Crippen LogP contribution is 2.34. The number of halogens is 2. The molecule has 0 bridgehead atoms. The maximum atomic E-state index is 5.88. The molecule has 1 unspecified atom stereocenters. The number of nitrogens with two attached hydrogens (primary N) is 1. The first-order chi connectivity index (χ1) is 8.16. The van der Waals surface area contributed by atoms with Crippen LogP contribution in [0.2, 0.25) is 5.02 Å². The van der Waals surface area contributed by atoms with E-state index in [1.807, 2.05) is 0 Å². The lowest BCUT2D eigenvalue weighted by Crippen LogP contribution is -2.26. The van der Waals surface area contributed by atoms with Crippen LogP contribution in [0, 0.1) is 0 Å². The van der Waals surface area contributed by atoms with Gasteiger partial charge in [-0.05, 0) is 47.3 Å². The van der Waals surface area contributed by atoms with Gasteiger partial charge in [0, 0.05) is 11.6 Å². The molecular formula is C12H15BrClNO2. The standard InChI is InChI=1S/C12H15BrClNO2/c13-10-5-8(14)6-11(15)12(10)17-7-9-3-1-2-4-16-9/h5-6,9H,1-4,7,15H2. The lowest BCUT2D eigenvalue weighted by molar-refractivity contribution is -0.0110. The Morgan fingerprint density at radius 1 is 1.47 bits per heavy atom. The van der Waals surface area contributed by atoms with Crippen molar-refractivity contribution >= 4 is 33.2 Å². The summed E-state index contributed by atoms with van der Waals surface area (Å²) in [5, 5.41) is 0.593. The second-order valence-corrected chi connectivity index (χ2v) is 5.40. The van der Waals surface area contributed by atoms with E-state index in [2.05, 4.69) is 15.9 Å². The van der Waals surface area contributed by atoms with Gasteiger partial charge >= 0.3 is 0 Å². The zero-order valence-corrected chi connectivity index (χ0v) is 11.8. The number of benzene rings is 1. The molecular weight excluding hydrogens is 305 g/mol. The molecule has 94 valence electrons. The summed E-state index contributed by atoms with van der Waals surface area (Å²) in [6.45, 7) is 1.36. The van der Waals surface area contributed by atoms with Crippen molar-refractivity contribution < 1.29 is 9.47 Å². The SMILES string of the molecule is Nc1cc(Cl)cc(Br)c1OCC1CCCCO1. The van der Waals surface area contributed by atoms with Crippen LogP contribution in [-0.2, 0) is 4.74 Å². The molecule has 2 N–H and O–H groups in total. The Bertz CT molecular complexity index is 371. The van der Waals surface area contributed by atoms with Crippen LogP contribution in [-0.4, -0.2) is 19.3 Å². The van der Waals surface area contributed by atoms with E-state index in [4.69, 9.17) is 26.8 Å². The van der Waals surface area contributed by atoms with Crippen LogP contribution >= 0.6 is 27.5 Å². The molecule has 17 heavy (non-hydrogen) atoms. The van der Waals surface area contributed by atoms with Crippen molar-refractivity contribution in [1.82, 2.24) is 0 Å². The number of hydrogen-bond donors (Lipinski definition) is 1. The van der Waals surface area contributed by atoms with Gasteiger partial charge in [-0.15, -0.1) is 0 Å². The Balaban J connectivity index is 1.98. The van der Waals surface area contributed by atoms with Gasteiger partial charge in [0.1, 0.15) is 6.61 Å². The van der Waals surface area contributed by atoms with Gasteiger partial charge < -0.3 is 15.2 Å². The lowest BCUT2D eigenvalue weighted by atomic mass is 10.1. The van der Waals surface area contributed by atoms with Crippen LogP contribution in [0.25, 0.3) is 0 Å². The topological polar surface area (TPSA) is 44.5 Å². The molecule has 0 radical (unpaired) electrons. The average molecular weight is 321 g/mol. The summed E-state index contributed by atoms with van der Waals surface area (Å²) < 4.78 is 12.1. The minimum absolute atomic E-state index is 0.172. The zero-order chi connectivity index (χ0) is 12.3. The van der Waals surface area contributed by atoms with Crippen LogP contribution in [0.3, 0.4) is 0 Å². The Morgan fingerprint density at radius 3 is 2.94 bits per heavy atom. The number of ether oxygens (including phenoxy) is 2. The first-order valence-corrected chi connectivity index (χ1v) is 6.83. The summed E-state index contributed by atoms with van der Waals surface area (Å²) >= 11 is 9.27. The van der Waals surface area contributed by atoms with Crippen molar-refractivity contribution in [3.05, 3.63) is 21.6 Å². The first-order valence-electron chi connectivity index (χ1n) is 5.66. The number of nitrogen functional groups attached to an aromatic ring is 1. The average Bonchev–Trinajstić information content (AvgIpc) is 2.29. The summed E-state index contributed by atoms with van der Waals surface area (Å²) in [6, 6.07) is 3.46. The summed E-state index contributed by atoms with van der Waals surface area (Å²) in [7, 11) is 0. The molecule has 0 spiro atoms. The van der Waals surface area contributed by atoms with Gasteiger partial charge in [0.25, 0.3) is 0 Å². The molecule has 1 atom stereocenters. The number of anilines is 1. The fourth-order valence-corrected chi connectivity index (χ4v) is 2.80. The molecule has 0 aromatic heterocycles. The first kappa shape index (κ1) is 13.0. The predicted molar refractivity (Wildman–Crippen MR) is 72.7 cm³/mol. The van der Waals surface area contributed by atoms with E-state index in [-0.39, 0.29) is 6.10 Å². The third kappa shape index (κ3) is 3.50. The molecule has 1 heterocycles. The molecule has 0 saturated carbocycles. The van der Waals surface area contributed by atoms with Crippen molar-refractivity contribution in [2.45, 2.75) is 25.4 Å². The van der Waals surface area contributed by atoms with E-state index in [0.29, 0.717) is 23.1 Å². The van der Waals surface area contributed by atoms with E-state index in [1.165, 1.54) is 6.42 Å². The molecule has 1 aliphatic heterocycles. The fraction of sp³-hybridized carbons (Fsp3) is 0.500. The quantitative estimate of drug-likeness (QED) is 0.865. The number of hydrogen-bond acceptors (Lipinski definition) is 3. The molecule has 3 nitrogen and oxygen atoms in total. The van der Waals surface area contributed by atoms with Gasteiger partial charge in [-0.2, -0.15) is 0 Å². The summed E-state index contributed by atoms with van der Waals surface area (Å²) in [4.78, 5) is 0. The Kier molecular flexibility index (Phi) is 4.54. The van der Waals surface area contributed by atoms with Gasteiger partial charge in [-0.1, -0.05) is 11.6 Å². The maximum Gasteiger partial charge on any atom is 0.156 e. The molecule has 1 saturated heterocycles. The van der Waals surface area contributed by atoms with E-state index >= 15 is 0 Å². The molecule has 0 aliphatic carbocycles. The molecule has 2 rings (SSSR count). The number of rotatable bonds is 3. The molecule has 1 aliphatic rings. The van der Waals surface area contributed by atoms with Crippen molar-refractivity contribution in [3.63, 3.8) is 0 Å². The van der Waals surface area contributed by atoms with E-state index in [9.17, 15) is 0 Å². The van der Waals surface area contributed by atoms with Crippen molar-refractivity contribution in [2.24, 2.45) is 0 Å². The largest absolute Gasteiger partial charge is 0.488 e. The van der Waals surface area contributed by atoms with Gasteiger partial charge in [-0.3, -0.25) is 0 Å². The van der Waals surface area contributed by atoms with Gasteiger partial charge in [0.15, 0.2) is 5.75 Å². The maximum absolute atomic E-state index is 5.88. The normalized spacial score (nSPS) is 20.2. The predicted octanol–water partition coefficient (Wildman–Crippen LogP) is 3.63. The molecule has 1 fully saturated rings. The smallest absolute Gasteiger partial charge is 0.156 e. The van der Waals surface area contributed by atoms with Crippen LogP contribution < -0.4 is 10.5 Å². The van der Waals surface area contributed by atoms with Gasteiger partial charge in [0.2, 0.25) is 0 Å². The van der Waals surface area contributed by atoms with Gasteiger partial charge in [-0.25, -0.2) is 0 Å². The van der Waals surface area contributed by atoms with Gasteiger partial charge in [0.05, 0.1) is 16.3 Å². The van der Waals surface area contributed by atoms with Crippen molar-refractivity contribution in [2.75, 3.05) is 18.9 Å². The highest BCUT2D eigenvalue weighted by atomic mass is 79.9. The monoisotopic (exact) mass is 319 g/mol. The Labute approximate surface area is 114 Å². The summed E-state index contributed by atoms with van der Waals surface area (Å²) in [5.41, 5.74) is 6.40. The third-order valence-electron chi connectivity index (χ3n) is 2.72. The summed E-state index contributed by atoms with van der Waals surface area (Å²) in [6.07, 6.45) is 3.56. The second-order valence-electron chi connectivity index (χ2n) is 4.11. The van der Waals surface area contributed by atoms with E-state index in [1.54, 1.807) is 12.1 Å². The van der Waals surface area contributed by atoms with Crippen LogP contribution in [0.5, 0.6) is 5.75 Å². The minimum Gasteiger partial charge on any atom is -0.488 e. The van der Waals surface area contributed by atoms with Crippen LogP contribution in [0.1, 0.15) is 19.3 Å². The van der Waals surface area contributed by atoms with E-state index in [0.717, 1.165) is 23.9 Å². The molecule has 5 heteroatoms. The fourth-order valence-electron chi connectivity index (χ4n) is 1.85. The van der Waals surface area contributed by atoms with Crippen LogP contribution in [0.4, 0.5) is 5.69 Å².